The van der Waals surface area contributed by atoms with Gasteiger partial charge < -0.3 is 28.8 Å². The van der Waals surface area contributed by atoms with E-state index in [1.54, 1.807) is 18.1 Å². The summed E-state index contributed by atoms with van der Waals surface area (Å²) in [5, 5.41) is 0. The van der Waals surface area contributed by atoms with Crippen LogP contribution in [0.2, 0.25) is 0 Å². The standard InChI is InChI=1S/C23H22N2O5/c1-25(14-15-2-4-19-21(10-15)29-8-6-27-19)23(26)18-13-24-12-17(18)16-3-5-20-22(11-16)30-9-7-28-20/h2-5,10-13,24H,6-9,14H2,1H3. The number of carbonyl (C=O) groups excluding carboxylic acids is 1. The third kappa shape index (κ3) is 3.43. The quantitative estimate of drug-likeness (QED) is 0.718. The van der Waals surface area contributed by atoms with Gasteiger partial charge in [-0.1, -0.05) is 12.1 Å². The van der Waals surface area contributed by atoms with E-state index < -0.39 is 0 Å². The van der Waals surface area contributed by atoms with Crippen molar-refractivity contribution in [2.24, 2.45) is 0 Å². The van der Waals surface area contributed by atoms with Crippen molar-refractivity contribution in [1.82, 2.24) is 9.88 Å². The zero-order valence-corrected chi connectivity index (χ0v) is 16.6. The second-order valence-electron chi connectivity index (χ2n) is 7.28. The van der Waals surface area contributed by atoms with Crippen molar-refractivity contribution in [2.75, 3.05) is 33.5 Å². The molecule has 7 heteroatoms. The summed E-state index contributed by atoms with van der Waals surface area (Å²) in [5.74, 6) is 2.81. The summed E-state index contributed by atoms with van der Waals surface area (Å²) in [6.07, 6.45) is 3.56. The number of hydrogen-bond acceptors (Lipinski definition) is 5. The summed E-state index contributed by atoms with van der Waals surface area (Å²) >= 11 is 0. The number of fused-ring (bicyclic) bond motifs is 2. The van der Waals surface area contributed by atoms with Gasteiger partial charge in [-0.05, 0) is 35.4 Å². The van der Waals surface area contributed by atoms with Gasteiger partial charge in [0.1, 0.15) is 26.4 Å². The number of amides is 1. The van der Waals surface area contributed by atoms with E-state index in [0.29, 0.717) is 44.3 Å². The van der Waals surface area contributed by atoms with Gasteiger partial charge >= 0.3 is 0 Å². The van der Waals surface area contributed by atoms with E-state index in [1.165, 1.54) is 0 Å². The van der Waals surface area contributed by atoms with Crippen molar-refractivity contribution in [3.05, 3.63) is 59.9 Å². The van der Waals surface area contributed by atoms with Crippen LogP contribution in [0.4, 0.5) is 0 Å². The van der Waals surface area contributed by atoms with Crippen LogP contribution in [0.3, 0.4) is 0 Å². The van der Waals surface area contributed by atoms with E-state index in [0.717, 1.165) is 33.9 Å². The highest BCUT2D eigenvalue weighted by atomic mass is 16.6. The monoisotopic (exact) mass is 406 g/mol. The molecule has 2 aromatic carbocycles. The van der Waals surface area contributed by atoms with Crippen molar-refractivity contribution >= 4 is 5.91 Å². The lowest BCUT2D eigenvalue weighted by molar-refractivity contribution is 0.0785. The Morgan fingerprint density at radius 2 is 1.50 bits per heavy atom. The Bertz CT molecular complexity index is 1090. The minimum Gasteiger partial charge on any atom is -0.486 e. The molecular weight excluding hydrogens is 384 g/mol. The SMILES string of the molecule is CN(Cc1ccc2c(c1)OCCO2)C(=O)c1c[nH]cc1-c1ccc2c(c1)OCCO2. The Labute approximate surface area is 174 Å². The molecule has 0 fully saturated rings. The van der Waals surface area contributed by atoms with E-state index in [9.17, 15) is 4.79 Å². The summed E-state index contributed by atoms with van der Waals surface area (Å²) in [4.78, 5) is 17.9. The van der Waals surface area contributed by atoms with Gasteiger partial charge in [0, 0.05) is 31.5 Å². The smallest absolute Gasteiger partial charge is 0.256 e. The minimum atomic E-state index is -0.0731. The first-order valence-electron chi connectivity index (χ1n) is 9.90. The van der Waals surface area contributed by atoms with Crippen LogP contribution in [0.5, 0.6) is 23.0 Å². The van der Waals surface area contributed by atoms with E-state index in [1.807, 2.05) is 42.6 Å². The number of carbonyl (C=O) groups is 1. The van der Waals surface area contributed by atoms with Gasteiger partial charge in [-0.25, -0.2) is 0 Å². The molecule has 0 atom stereocenters. The molecule has 2 aliphatic heterocycles. The van der Waals surface area contributed by atoms with Gasteiger partial charge in [0.15, 0.2) is 23.0 Å². The molecule has 7 nitrogen and oxygen atoms in total. The molecule has 5 rings (SSSR count). The third-order valence-electron chi connectivity index (χ3n) is 5.20. The van der Waals surface area contributed by atoms with Gasteiger partial charge in [-0.3, -0.25) is 4.79 Å². The molecule has 3 heterocycles. The van der Waals surface area contributed by atoms with Crippen LogP contribution in [0.15, 0.2) is 48.8 Å². The highest BCUT2D eigenvalue weighted by molar-refractivity contribution is 6.00. The molecule has 3 aromatic rings. The Morgan fingerprint density at radius 3 is 2.23 bits per heavy atom. The lowest BCUT2D eigenvalue weighted by Gasteiger charge is -2.21. The van der Waals surface area contributed by atoms with Gasteiger partial charge in [-0.2, -0.15) is 0 Å². The highest BCUT2D eigenvalue weighted by Gasteiger charge is 2.21. The maximum atomic E-state index is 13.2. The molecule has 1 N–H and O–H groups in total. The van der Waals surface area contributed by atoms with Crippen molar-refractivity contribution in [3.63, 3.8) is 0 Å². The largest absolute Gasteiger partial charge is 0.486 e. The first-order chi connectivity index (χ1) is 14.7. The number of H-pyrrole nitrogens is 1. The van der Waals surface area contributed by atoms with Crippen LogP contribution in [-0.2, 0) is 6.54 Å². The second kappa shape index (κ2) is 7.67. The van der Waals surface area contributed by atoms with E-state index in [-0.39, 0.29) is 5.91 Å². The molecule has 0 unspecified atom stereocenters. The predicted molar refractivity (Wildman–Crippen MR) is 110 cm³/mol. The molecule has 0 saturated heterocycles. The van der Waals surface area contributed by atoms with Crippen molar-refractivity contribution in [3.8, 4) is 34.1 Å². The zero-order valence-electron chi connectivity index (χ0n) is 16.6. The number of aromatic amines is 1. The lowest BCUT2D eigenvalue weighted by Crippen LogP contribution is -2.26. The average molecular weight is 406 g/mol. The molecule has 2 aliphatic rings. The zero-order chi connectivity index (χ0) is 20.5. The van der Waals surface area contributed by atoms with E-state index in [4.69, 9.17) is 18.9 Å². The van der Waals surface area contributed by atoms with E-state index in [2.05, 4.69) is 4.98 Å². The predicted octanol–water partition coefficient (Wildman–Crippen LogP) is 3.50. The van der Waals surface area contributed by atoms with Crippen molar-refractivity contribution < 1.29 is 23.7 Å². The molecule has 154 valence electrons. The molecule has 0 aliphatic carbocycles. The van der Waals surface area contributed by atoms with Crippen molar-refractivity contribution in [2.45, 2.75) is 6.54 Å². The molecule has 0 radical (unpaired) electrons. The third-order valence-corrected chi connectivity index (χ3v) is 5.20. The second-order valence-corrected chi connectivity index (χ2v) is 7.28. The summed E-state index contributed by atoms with van der Waals surface area (Å²) in [5.41, 5.74) is 3.31. The average Bonchev–Trinajstić information content (AvgIpc) is 3.28. The summed E-state index contributed by atoms with van der Waals surface area (Å²) in [6, 6.07) is 11.5. The van der Waals surface area contributed by atoms with Crippen LogP contribution in [0.25, 0.3) is 11.1 Å². The molecule has 1 aromatic heterocycles. The van der Waals surface area contributed by atoms with Crippen LogP contribution >= 0.6 is 0 Å². The molecule has 30 heavy (non-hydrogen) atoms. The Morgan fingerprint density at radius 1 is 0.867 bits per heavy atom. The van der Waals surface area contributed by atoms with Crippen molar-refractivity contribution in [1.29, 1.82) is 0 Å². The van der Waals surface area contributed by atoms with Crippen LogP contribution in [-0.4, -0.2) is 49.3 Å². The number of hydrogen-bond donors (Lipinski definition) is 1. The number of benzene rings is 2. The fourth-order valence-electron chi connectivity index (χ4n) is 3.73. The first-order valence-corrected chi connectivity index (χ1v) is 9.90. The summed E-state index contributed by atoms with van der Waals surface area (Å²) < 4.78 is 22.5. The number of rotatable bonds is 4. The topological polar surface area (TPSA) is 73.0 Å². The Hall–Kier alpha value is -3.61. The number of aromatic nitrogens is 1. The summed E-state index contributed by atoms with van der Waals surface area (Å²) in [7, 11) is 1.79. The summed E-state index contributed by atoms with van der Waals surface area (Å²) in [6.45, 7) is 2.62. The van der Waals surface area contributed by atoms with Gasteiger partial charge in [0.2, 0.25) is 0 Å². The van der Waals surface area contributed by atoms with Crippen LogP contribution in [0.1, 0.15) is 15.9 Å². The molecular formula is C23H22N2O5. The van der Waals surface area contributed by atoms with E-state index >= 15 is 0 Å². The fourth-order valence-corrected chi connectivity index (χ4v) is 3.73. The number of nitrogens with one attached hydrogen (secondary N) is 1. The molecule has 0 saturated carbocycles. The van der Waals surface area contributed by atoms with Crippen LogP contribution in [0, 0.1) is 0 Å². The fraction of sp³-hybridized carbons (Fsp3) is 0.261. The molecule has 1 amide bonds. The van der Waals surface area contributed by atoms with Crippen LogP contribution < -0.4 is 18.9 Å². The normalized spacial score (nSPS) is 14.3. The Balaban J connectivity index is 1.36. The maximum absolute atomic E-state index is 13.2. The first kappa shape index (κ1) is 18.4. The Kier molecular flexibility index (Phi) is 4.71. The van der Waals surface area contributed by atoms with Gasteiger partial charge in [0.05, 0.1) is 5.56 Å². The van der Waals surface area contributed by atoms with Gasteiger partial charge in [0.25, 0.3) is 5.91 Å². The number of ether oxygens (including phenoxy) is 4. The highest BCUT2D eigenvalue weighted by Crippen LogP contribution is 2.36. The minimum absolute atomic E-state index is 0.0731. The van der Waals surface area contributed by atoms with Gasteiger partial charge in [-0.15, -0.1) is 0 Å². The maximum Gasteiger partial charge on any atom is 0.256 e. The number of nitrogens with zero attached hydrogens (tertiary/aromatic N) is 1. The lowest BCUT2D eigenvalue weighted by atomic mass is 10.0. The molecule has 0 spiro atoms. The molecule has 0 bridgehead atoms.